The van der Waals surface area contributed by atoms with Gasteiger partial charge in [0.2, 0.25) is 5.95 Å². The first kappa shape index (κ1) is 14.3. The topological polar surface area (TPSA) is 53.1 Å². The van der Waals surface area contributed by atoms with E-state index in [0.29, 0.717) is 16.9 Å². The van der Waals surface area contributed by atoms with Crippen LogP contribution in [0.2, 0.25) is 5.02 Å². The Bertz CT molecular complexity index is 412. The predicted octanol–water partition coefficient (Wildman–Crippen LogP) is 2.32. The van der Waals surface area contributed by atoms with Gasteiger partial charge in [0.05, 0.1) is 6.20 Å². The summed E-state index contributed by atoms with van der Waals surface area (Å²) in [6.45, 7) is 9.43. The number of nitrogens with one attached hydrogen (secondary N) is 2. The van der Waals surface area contributed by atoms with Gasteiger partial charge in [-0.15, -0.1) is 0 Å². The Balaban J connectivity index is 1.90. The van der Waals surface area contributed by atoms with E-state index in [1.165, 1.54) is 13.0 Å². The highest BCUT2D eigenvalue weighted by Crippen LogP contribution is 2.21. The van der Waals surface area contributed by atoms with E-state index in [9.17, 15) is 0 Å². The van der Waals surface area contributed by atoms with Crippen molar-refractivity contribution in [2.45, 2.75) is 20.3 Å². The molecule has 2 N–H and O–H groups in total. The van der Waals surface area contributed by atoms with Crippen molar-refractivity contribution < 1.29 is 0 Å². The number of halogens is 1. The molecular weight excluding hydrogens is 262 g/mol. The van der Waals surface area contributed by atoms with Gasteiger partial charge in [0.1, 0.15) is 10.8 Å². The third kappa shape index (κ3) is 3.94. The molecule has 1 atom stereocenters. The third-order valence-corrected chi connectivity index (χ3v) is 3.73. The lowest BCUT2D eigenvalue weighted by atomic mass is 10.1. The van der Waals surface area contributed by atoms with Crippen molar-refractivity contribution in [1.29, 1.82) is 0 Å². The minimum Gasteiger partial charge on any atom is -0.368 e. The van der Waals surface area contributed by atoms with Gasteiger partial charge in [-0.2, -0.15) is 4.98 Å². The molecule has 1 aromatic rings. The molecule has 2 heterocycles. The van der Waals surface area contributed by atoms with E-state index in [-0.39, 0.29) is 0 Å². The van der Waals surface area contributed by atoms with Gasteiger partial charge in [0.25, 0.3) is 0 Å². The van der Waals surface area contributed by atoms with Gasteiger partial charge in [0.15, 0.2) is 0 Å². The second kappa shape index (κ2) is 6.91. The molecule has 0 bridgehead atoms. The quantitative estimate of drug-likeness (QED) is 0.839. The normalized spacial score (nSPS) is 19.6. The van der Waals surface area contributed by atoms with Crippen LogP contribution in [0.25, 0.3) is 0 Å². The standard InChI is InChI=1S/C13H22ClN5/c1-3-15-13-17-8-11(14)12(18-13)16-7-10-5-6-19(4-2)9-10/h8,10H,3-7,9H2,1-2H3,(H2,15,16,17,18). The van der Waals surface area contributed by atoms with Gasteiger partial charge in [-0.25, -0.2) is 4.98 Å². The lowest BCUT2D eigenvalue weighted by molar-refractivity contribution is 0.345. The van der Waals surface area contributed by atoms with Crippen molar-refractivity contribution in [2.75, 3.05) is 43.4 Å². The smallest absolute Gasteiger partial charge is 0.224 e. The fourth-order valence-corrected chi connectivity index (χ4v) is 2.50. The maximum absolute atomic E-state index is 6.11. The molecule has 6 heteroatoms. The van der Waals surface area contributed by atoms with Crippen LogP contribution < -0.4 is 10.6 Å². The van der Waals surface area contributed by atoms with Crippen molar-refractivity contribution in [3.05, 3.63) is 11.2 Å². The fraction of sp³-hybridized carbons (Fsp3) is 0.692. The van der Waals surface area contributed by atoms with Gasteiger partial charge in [-0.05, 0) is 32.4 Å². The zero-order valence-electron chi connectivity index (χ0n) is 11.6. The van der Waals surface area contributed by atoms with E-state index < -0.39 is 0 Å². The van der Waals surface area contributed by atoms with Crippen LogP contribution in [0.4, 0.5) is 11.8 Å². The van der Waals surface area contributed by atoms with Crippen molar-refractivity contribution in [3.8, 4) is 0 Å². The zero-order valence-corrected chi connectivity index (χ0v) is 12.4. The summed E-state index contributed by atoms with van der Waals surface area (Å²) in [5, 5.41) is 7.01. The summed E-state index contributed by atoms with van der Waals surface area (Å²) in [6.07, 6.45) is 2.88. The molecule has 0 aliphatic carbocycles. The van der Waals surface area contributed by atoms with Crippen molar-refractivity contribution in [1.82, 2.24) is 14.9 Å². The molecule has 2 rings (SSSR count). The first-order chi connectivity index (χ1) is 9.22. The zero-order chi connectivity index (χ0) is 13.7. The van der Waals surface area contributed by atoms with Crippen molar-refractivity contribution in [3.63, 3.8) is 0 Å². The number of rotatable bonds is 6. The molecule has 1 saturated heterocycles. The molecule has 5 nitrogen and oxygen atoms in total. The van der Waals surface area contributed by atoms with E-state index in [0.717, 1.165) is 32.0 Å². The maximum atomic E-state index is 6.11. The van der Waals surface area contributed by atoms with Crippen molar-refractivity contribution in [2.24, 2.45) is 5.92 Å². The highest BCUT2D eigenvalue weighted by Gasteiger charge is 2.21. The average Bonchev–Trinajstić information content (AvgIpc) is 2.88. The van der Waals surface area contributed by atoms with E-state index in [4.69, 9.17) is 11.6 Å². The largest absolute Gasteiger partial charge is 0.368 e. The molecule has 0 spiro atoms. The molecule has 0 saturated carbocycles. The van der Waals surface area contributed by atoms with Gasteiger partial charge < -0.3 is 15.5 Å². The molecule has 1 aliphatic heterocycles. The van der Waals surface area contributed by atoms with Gasteiger partial charge in [0, 0.05) is 19.6 Å². The van der Waals surface area contributed by atoms with E-state index in [1.807, 2.05) is 6.92 Å². The van der Waals surface area contributed by atoms with Crippen LogP contribution in [0.3, 0.4) is 0 Å². The summed E-state index contributed by atoms with van der Waals surface area (Å²) >= 11 is 6.11. The van der Waals surface area contributed by atoms with E-state index in [2.05, 4.69) is 32.4 Å². The van der Waals surface area contributed by atoms with Gasteiger partial charge >= 0.3 is 0 Å². The highest BCUT2D eigenvalue weighted by molar-refractivity contribution is 6.32. The SMILES string of the molecule is CCNc1ncc(Cl)c(NCC2CCN(CC)C2)n1. The van der Waals surface area contributed by atoms with Crippen LogP contribution in [0.15, 0.2) is 6.20 Å². The van der Waals surface area contributed by atoms with E-state index >= 15 is 0 Å². The maximum Gasteiger partial charge on any atom is 0.224 e. The summed E-state index contributed by atoms with van der Waals surface area (Å²) in [4.78, 5) is 11.0. The Kier molecular flexibility index (Phi) is 5.22. The number of hydrogen-bond donors (Lipinski definition) is 2. The predicted molar refractivity (Wildman–Crippen MR) is 79.9 cm³/mol. The number of anilines is 2. The van der Waals surface area contributed by atoms with E-state index in [1.54, 1.807) is 6.20 Å². The van der Waals surface area contributed by atoms with Crippen LogP contribution in [-0.4, -0.2) is 47.6 Å². The summed E-state index contributed by atoms with van der Waals surface area (Å²) in [5.41, 5.74) is 0. The van der Waals surface area contributed by atoms with Crippen LogP contribution in [0.5, 0.6) is 0 Å². The Morgan fingerprint density at radius 2 is 2.26 bits per heavy atom. The Labute approximate surface area is 119 Å². The molecular formula is C13H22ClN5. The number of aromatic nitrogens is 2. The van der Waals surface area contributed by atoms with Crippen LogP contribution in [0.1, 0.15) is 20.3 Å². The van der Waals surface area contributed by atoms with Crippen LogP contribution in [0, 0.1) is 5.92 Å². The molecule has 0 aromatic carbocycles. The fourth-order valence-electron chi connectivity index (χ4n) is 2.34. The number of likely N-dealkylation sites (tertiary alicyclic amines) is 1. The second-order valence-corrected chi connectivity index (χ2v) is 5.26. The summed E-state index contributed by atoms with van der Waals surface area (Å²) in [5.74, 6) is 2.02. The Hall–Kier alpha value is -1.07. The summed E-state index contributed by atoms with van der Waals surface area (Å²) in [7, 11) is 0. The molecule has 19 heavy (non-hydrogen) atoms. The number of nitrogens with zero attached hydrogens (tertiary/aromatic N) is 3. The van der Waals surface area contributed by atoms with Gasteiger partial charge in [-0.3, -0.25) is 0 Å². The summed E-state index contributed by atoms with van der Waals surface area (Å²) < 4.78 is 0. The Morgan fingerprint density at radius 3 is 2.95 bits per heavy atom. The molecule has 1 fully saturated rings. The van der Waals surface area contributed by atoms with Crippen LogP contribution >= 0.6 is 11.6 Å². The first-order valence-electron chi connectivity index (χ1n) is 6.95. The minimum atomic E-state index is 0.576. The lowest BCUT2D eigenvalue weighted by Gasteiger charge is -2.15. The van der Waals surface area contributed by atoms with Crippen molar-refractivity contribution >= 4 is 23.4 Å². The molecule has 1 aliphatic rings. The molecule has 1 aromatic heterocycles. The number of hydrogen-bond acceptors (Lipinski definition) is 5. The summed E-state index contributed by atoms with van der Waals surface area (Å²) in [6, 6.07) is 0. The minimum absolute atomic E-state index is 0.576. The Morgan fingerprint density at radius 1 is 1.42 bits per heavy atom. The second-order valence-electron chi connectivity index (χ2n) is 4.85. The van der Waals surface area contributed by atoms with Gasteiger partial charge in [-0.1, -0.05) is 18.5 Å². The molecule has 0 amide bonds. The third-order valence-electron chi connectivity index (χ3n) is 3.45. The van der Waals surface area contributed by atoms with Crippen LogP contribution in [-0.2, 0) is 0 Å². The first-order valence-corrected chi connectivity index (χ1v) is 7.33. The average molecular weight is 284 g/mol. The molecule has 1 unspecified atom stereocenters. The lowest BCUT2D eigenvalue weighted by Crippen LogP contribution is -2.22. The highest BCUT2D eigenvalue weighted by atomic mass is 35.5. The molecule has 106 valence electrons. The monoisotopic (exact) mass is 283 g/mol. The molecule has 0 radical (unpaired) electrons.